The van der Waals surface area contributed by atoms with Crippen LogP contribution < -0.4 is 0 Å². The lowest BCUT2D eigenvalue weighted by Crippen LogP contribution is -1.79. The van der Waals surface area contributed by atoms with Gasteiger partial charge in [-0.2, -0.15) is 0 Å². The van der Waals surface area contributed by atoms with Gasteiger partial charge in [0.15, 0.2) is 5.01 Å². The molecule has 3 heteroatoms. The highest BCUT2D eigenvalue weighted by Gasteiger charge is 2.01. The van der Waals surface area contributed by atoms with E-state index in [2.05, 4.69) is 15.9 Å². The highest BCUT2D eigenvalue weighted by molar-refractivity contribution is 9.09. The first-order valence-electron chi connectivity index (χ1n) is 2.16. The van der Waals surface area contributed by atoms with Gasteiger partial charge in [-0.05, 0) is 28.1 Å². The van der Waals surface area contributed by atoms with Crippen molar-refractivity contribution in [3.8, 4) is 0 Å². The maximum Gasteiger partial charge on any atom is 0.166 e. The molecule has 0 radical (unpaired) electrons. The van der Waals surface area contributed by atoms with Crippen LogP contribution in [0.3, 0.4) is 0 Å². The number of aliphatic hydroxyl groups is 1. The first-order valence-corrected chi connectivity index (χ1v) is 3.08. The summed E-state index contributed by atoms with van der Waals surface area (Å²) in [6.07, 6.45) is 1.51. The topological polar surface area (TPSA) is 33.4 Å². The molecule has 2 nitrogen and oxygen atoms in total. The van der Waals surface area contributed by atoms with Crippen LogP contribution in [0.25, 0.3) is 0 Å². The van der Waals surface area contributed by atoms with Crippen LogP contribution in [-0.2, 0) is 0 Å². The number of alkyl halides is 1. The van der Waals surface area contributed by atoms with E-state index >= 15 is 0 Å². The summed E-state index contributed by atoms with van der Waals surface area (Å²) in [4.78, 5) is 0. The molecule has 44 valence electrons. The number of rotatable bonds is 1. The van der Waals surface area contributed by atoms with Gasteiger partial charge in [0.25, 0.3) is 0 Å². The Balaban J connectivity index is 2.77. The van der Waals surface area contributed by atoms with E-state index in [0.29, 0.717) is 5.76 Å². The zero-order valence-electron chi connectivity index (χ0n) is 4.04. The van der Waals surface area contributed by atoms with E-state index in [4.69, 9.17) is 9.52 Å². The van der Waals surface area contributed by atoms with Gasteiger partial charge in [-0.25, -0.2) is 0 Å². The normalized spacial score (nSPS) is 13.8. The lowest BCUT2D eigenvalue weighted by Gasteiger charge is -1.92. The summed E-state index contributed by atoms with van der Waals surface area (Å²) in [6.45, 7) is 0. The van der Waals surface area contributed by atoms with Gasteiger partial charge < -0.3 is 9.52 Å². The van der Waals surface area contributed by atoms with Crippen LogP contribution in [0.15, 0.2) is 22.8 Å². The van der Waals surface area contributed by atoms with Crippen LogP contribution in [0.4, 0.5) is 0 Å². The molecule has 0 aromatic carbocycles. The van der Waals surface area contributed by atoms with E-state index in [1.54, 1.807) is 12.1 Å². The average Bonchev–Trinajstić information content (AvgIpc) is 2.12. The number of hydrogen-bond donors (Lipinski definition) is 1. The zero-order chi connectivity index (χ0) is 5.98. The molecule has 0 fully saturated rings. The standard InChI is InChI=1S/C5H5BrO2/c6-5(7)4-2-1-3-8-4/h1-3,5,7H. The maximum atomic E-state index is 8.74. The van der Waals surface area contributed by atoms with Crippen molar-refractivity contribution in [1.82, 2.24) is 0 Å². The zero-order valence-corrected chi connectivity index (χ0v) is 5.63. The van der Waals surface area contributed by atoms with Crippen molar-refractivity contribution in [3.63, 3.8) is 0 Å². The summed E-state index contributed by atoms with van der Waals surface area (Å²) in [5.41, 5.74) is 0. The van der Waals surface area contributed by atoms with E-state index < -0.39 is 5.01 Å². The minimum Gasteiger partial charge on any atom is -0.466 e. The first-order chi connectivity index (χ1) is 3.80. The van der Waals surface area contributed by atoms with Crippen molar-refractivity contribution in [2.75, 3.05) is 0 Å². The fourth-order valence-electron chi connectivity index (χ4n) is 0.427. The maximum absolute atomic E-state index is 8.74. The van der Waals surface area contributed by atoms with E-state index in [-0.39, 0.29) is 0 Å². The van der Waals surface area contributed by atoms with Crippen LogP contribution in [-0.4, -0.2) is 5.11 Å². The second kappa shape index (κ2) is 2.33. The fourth-order valence-corrected chi connectivity index (χ4v) is 0.687. The van der Waals surface area contributed by atoms with Crippen LogP contribution >= 0.6 is 15.9 Å². The Morgan fingerprint density at radius 2 is 2.50 bits per heavy atom. The molecule has 0 aliphatic heterocycles. The molecular weight excluding hydrogens is 172 g/mol. The van der Waals surface area contributed by atoms with Crippen LogP contribution in [0, 0.1) is 0 Å². The van der Waals surface area contributed by atoms with Gasteiger partial charge in [-0.15, -0.1) is 0 Å². The average molecular weight is 177 g/mol. The predicted octanol–water partition coefficient (Wildman–Crippen LogP) is 1.67. The van der Waals surface area contributed by atoms with Crippen molar-refractivity contribution in [2.24, 2.45) is 0 Å². The van der Waals surface area contributed by atoms with Gasteiger partial charge >= 0.3 is 0 Å². The molecule has 0 amide bonds. The van der Waals surface area contributed by atoms with E-state index in [0.717, 1.165) is 0 Å². The van der Waals surface area contributed by atoms with Crippen molar-refractivity contribution in [2.45, 2.75) is 5.01 Å². The lowest BCUT2D eigenvalue weighted by atomic mass is 10.5. The van der Waals surface area contributed by atoms with Crippen molar-refractivity contribution in [1.29, 1.82) is 0 Å². The third-order valence-electron chi connectivity index (χ3n) is 0.778. The Bertz CT molecular complexity index is 145. The Morgan fingerprint density at radius 3 is 2.75 bits per heavy atom. The Kier molecular flexibility index (Phi) is 1.70. The quantitative estimate of drug-likeness (QED) is 0.661. The number of furan rings is 1. The number of hydrogen-bond acceptors (Lipinski definition) is 2. The Morgan fingerprint density at radius 1 is 1.75 bits per heavy atom. The van der Waals surface area contributed by atoms with Crippen molar-refractivity contribution >= 4 is 15.9 Å². The highest BCUT2D eigenvalue weighted by Crippen LogP contribution is 2.18. The minimum atomic E-state index is -0.669. The molecule has 1 N–H and O–H groups in total. The smallest absolute Gasteiger partial charge is 0.166 e. The Labute approximate surface area is 55.3 Å². The molecule has 1 atom stereocenters. The molecule has 1 unspecified atom stereocenters. The molecule has 0 spiro atoms. The fraction of sp³-hybridized carbons (Fsp3) is 0.200. The molecule has 0 bridgehead atoms. The molecular formula is C5H5BrO2. The van der Waals surface area contributed by atoms with Gasteiger partial charge in [0, 0.05) is 0 Å². The molecule has 1 aromatic rings. The number of halogens is 1. The monoisotopic (exact) mass is 176 g/mol. The van der Waals surface area contributed by atoms with Gasteiger partial charge in [0.05, 0.1) is 6.26 Å². The minimum absolute atomic E-state index is 0.532. The van der Waals surface area contributed by atoms with Crippen LogP contribution in [0.5, 0.6) is 0 Å². The summed E-state index contributed by atoms with van der Waals surface area (Å²) in [7, 11) is 0. The van der Waals surface area contributed by atoms with Crippen LogP contribution in [0.1, 0.15) is 10.8 Å². The number of aliphatic hydroxyl groups excluding tert-OH is 1. The van der Waals surface area contributed by atoms with Gasteiger partial charge in [0.2, 0.25) is 0 Å². The molecule has 0 saturated heterocycles. The van der Waals surface area contributed by atoms with Crippen molar-refractivity contribution < 1.29 is 9.52 Å². The highest BCUT2D eigenvalue weighted by atomic mass is 79.9. The third-order valence-corrected chi connectivity index (χ3v) is 1.23. The summed E-state index contributed by atoms with van der Waals surface area (Å²) in [5, 5.41) is 8.07. The summed E-state index contributed by atoms with van der Waals surface area (Å²) < 4.78 is 4.80. The predicted molar refractivity (Wildman–Crippen MR) is 32.6 cm³/mol. The van der Waals surface area contributed by atoms with Gasteiger partial charge in [-0.3, -0.25) is 0 Å². The van der Waals surface area contributed by atoms with Crippen molar-refractivity contribution in [3.05, 3.63) is 24.2 Å². The second-order valence-electron chi connectivity index (χ2n) is 1.35. The van der Waals surface area contributed by atoms with E-state index in [9.17, 15) is 0 Å². The first kappa shape index (κ1) is 5.85. The molecule has 1 rings (SSSR count). The molecule has 0 aliphatic rings. The van der Waals surface area contributed by atoms with Gasteiger partial charge in [-0.1, -0.05) is 0 Å². The molecule has 8 heavy (non-hydrogen) atoms. The largest absolute Gasteiger partial charge is 0.466 e. The summed E-state index contributed by atoms with van der Waals surface area (Å²) >= 11 is 2.92. The molecule has 1 aromatic heterocycles. The van der Waals surface area contributed by atoms with Crippen LogP contribution in [0.2, 0.25) is 0 Å². The molecule has 0 saturated carbocycles. The summed E-state index contributed by atoms with van der Waals surface area (Å²) in [5.74, 6) is 0.532. The molecule has 0 aliphatic carbocycles. The van der Waals surface area contributed by atoms with Gasteiger partial charge in [0.1, 0.15) is 5.76 Å². The molecule has 1 heterocycles. The summed E-state index contributed by atoms with van der Waals surface area (Å²) in [6, 6.07) is 3.42. The SMILES string of the molecule is OC(Br)c1ccco1. The third kappa shape index (κ3) is 1.11. The van der Waals surface area contributed by atoms with E-state index in [1.165, 1.54) is 6.26 Å². The lowest BCUT2D eigenvalue weighted by molar-refractivity contribution is 0.243. The van der Waals surface area contributed by atoms with E-state index in [1.807, 2.05) is 0 Å². The Hall–Kier alpha value is -0.280. The second-order valence-corrected chi connectivity index (χ2v) is 2.22.